The van der Waals surface area contributed by atoms with Gasteiger partial charge in [0.2, 0.25) is 0 Å². The van der Waals surface area contributed by atoms with Crippen molar-refractivity contribution in [2.45, 2.75) is 30.1 Å². The predicted molar refractivity (Wildman–Crippen MR) is 78.8 cm³/mol. The summed E-state index contributed by atoms with van der Waals surface area (Å²) in [6.07, 6.45) is 4.67. The number of imidazole rings is 1. The van der Waals surface area contributed by atoms with Crippen molar-refractivity contribution in [2.24, 2.45) is 11.3 Å². The molecule has 2 aromatic rings. The molecule has 0 bridgehead atoms. The van der Waals surface area contributed by atoms with Crippen LogP contribution in [0.1, 0.15) is 18.9 Å². The van der Waals surface area contributed by atoms with Crippen LogP contribution in [0.3, 0.4) is 0 Å². The van der Waals surface area contributed by atoms with E-state index in [0.717, 1.165) is 6.42 Å². The van der Waals surface area contributed by atoms with Crippen molar-refractivity contribution in [3.05, 3.63) is 6.33 Å². The molecule has 2 aliphatic carbocycles. The Hall–Kier alpha value is -1.38. The topological polar surface area (TPSA) is 110 Å². The fourth-order valence-corrected chi connectivity index (χ4v) is 4.12. The molecule has 0 spiro atoms. The van der Waals surface area contributed by atoms with E-state index in [0.29, 0.717) is 28.6 Å². The fraction of sp³-hybridized carbons (Fsp3) is 0.615. The van der Waals surface area contributed by atoms with Crippen molar-refractivity contribution in [3.63, 3.8) is 0 Å². The second-order valence-corrected chi connectivity index (χ2v) is 6.79. The van der Waals surface area contributed by atoms with Crippen molar-refractivity contribution < 1.29 is 10.2 Å². The highest BCUT2D eigenvalue weighted by atomic mass is 32.2. The summed E-state index contributed by atoms with van der Waals surface area (Å²) in [6.45, 7) is 0.130. The van der Waals surface area contributed by atoms with Gasteiger partial charge in [0.1, 0.15) is 5.52 Å². The first-order valence-electron chi connectivity index (χ1n) is 6.92. The van der Waals surface area contributed by atoms with E-state index in [9.17, 15) is 10.2 Å². The molecule has 0 amide bonds. The molecule has 2 fully saturated rings. The zero-order chi connectivity index (χ0) is 14.8. The molecule has 112 valence electrons. The summed E-state index contributed by atoms with van der Waals surface area (Å²) >= 11 is 1.42. The Morgan fingerprint density at radius 2 is 2.29 bits per heavy atom. The van der Waals surface area contributed by atoms with Crippen LogP contribution < -0.4 is 5.73 Å². The Labute approximate surface area is 125 Å². The van der Waals surface area contributed by atoms with Crippen molar-refractivity contribution in [1.82, 2.24) is 19.5 Å². The van der Waals surface area contributed by atoms with Crippen molar-refractivity contribution in [1.29, 1.82) is 0 Å². The van der Waals surface area contributed by atoms with Gasteiger partial charge in [0.05, 0.1) is 18.5 Å². The van der Waals surface area contributed by atoms with Gasteiger partial charge in [-0.15, -0.1) is 0 Å². The van der Waals surface area contributed by atoms with Gasteiger partial charge < -0.3 is 20.5 Å². The Morgan fingerprint density at radius 1 is 1.48 bits per heavy atom. The third kappa shape index (κ3) is 1.72. The predicted octanol–water partition coefficient (Wildman–Crippen LogP) is 0.435. The normalized spacial score (nSPS) is 34.3. The van der Waals surface area contributed by atoms with Crippen LogP contribution in [-0.4, -0.2) is 48.7 Å². The van der Waals surface area contributed by atoms with E-state index < -0.39 is 6.10 Å². The Bertz CT molecular complexity index is 720. The van der Waals surface area contributed by atoms with E-state index in [-0.39, 0.29) is 24.0 Å². The third-order valence-electron chi connectivity index (χ3n) is 4.92. The van der Waals surface area contributed by atoms with Crippen LogP contribution >= 0.6 is 11.8 Å². The molecule has 2 saturated carbocycles. The van der Waals surface area contributed by atoms with Gasteiger partial charge in [0, 0.05) is 12.0 Å². The smallest absolute Gasteiger partial charge is 0.191 e. The maximum Gasteiger partial charge on any atom is 0.191 e. The number of aromatic nitrogens is 4. The summed E-state index contributed by atoms with van der Waals surface area (Å²) in [4.78, 5) is 13.0. The molecular weight excluding hydrogens is 290 g/mol. The van der Waals surface area contributed by atoms with Gasteiger partial charge in [-0.1, -0.05) is 11.8 Å². The summed E-state index contributed by atoms with van der Waals surface area (Å²) in [5.74, 6) is 0.642. The molecule has 0 radical (unpaired) electrons. The SMILES string of the molecule is CSc1nc(N)c2ncn([C@H]3[C@H](O)C[C@]4(CO)C[C@H]34)c2n1. The highest BCUT2D eigenvalue weighted by Gasteiger charge is 2.65. The number of aliphatic hydroxyl groups is 2. The minimum atomic E-state index is -0.484. The molecule has 0 saturated heterocycles. The molecular formula is C13H17N5O2S. The second kappa shape index (κ2) is 4.31. The van der Waals surface area contributed by atoms with Gasteiger partial charge >= 0.3 is 0 Å². The van der Waals surface area contributed by atoms with Crippen LogP contribution in [0.2, 0.25) is 0 Å². The van der Waals surface area contributed by atoms with Gasteiger partial charge in [-0.2, -0.15) is 0 Å². The highest BCUT2D eigenvalue weighted by molar-refractivity contribution is 7.98. The van der Waals surface area contributed by atoms with Crippen molar-refractivity contribution in [3.8, 4) is 0 Å². The molecule has 0 unspecified atom stereocenters. The van der Waals surface area contributed by atoms with Crippen LogP contribution in [-0.2, 0) is 0 Å². The number of fused-ring (bicyclic) bond motifs is 2. The van der Waals surface area contributed by atoms with Crippen LogP contribution in [0.15, 0.2) is 11.5 Å². The third-order valence-corrected chi connectivity index (χ3v) is 5.47. The lowest BCUT2D eigenvalue weighted by Crippen LogP contribution is -2.22. The first-order chi connectivity index (χ1) is 10.1. The zero-order valence-electron chi connectivity index (χ0n) is 11.6. The van der Waals surface area contributed by atoms with Gasteiger partial charge in [-0.3, -0.25) is 0 Å². The maximum atomic E-state index is 10.4. The number of thioether (sulfide) groups is 1. The first kappa shape index (κ1) is 13.3. The van der Waals surface area contributed by atoms with Crippen LogP contribution in [0.25, 0.3) is 11.2 Å². The number of hydrogen-bond acceptors (Lipinski definition) is 7. The number of aliphatic hydroxyl groups excluding tert-OH is 2. The van der Waals surface area contributed by atoms with Crippen molar-refractivity contribution in [2.75, 3.05) is 18.6 Å². The molecule has 2 aromatic heterocycles. The van der Waals surface area contributed by atoms with E-state index in [1.54, 1.807) is 6.33 Å². The van der Waals surface area contributed by atoms with E-state index in [1.165, 1.54) is 11.8 Å². The number of nitrogens with two attached hydrogens (primary N) is 1. The molecule has 4 rings (SSSR count). The van der Waals surface area contributed by atoms with E-state index in [2.05, 4.69) is 15.0 Å². The molecule has 7 nitrogen and oxygen atoms in total. The fourth-order valence-electron chi connectivity index (χ4n) is 3.75. The summed E-state index contributed by atoms with van der Waals surface area (Å²) in [5, 5.41) is 20.5. The quantitative estimate of drug-likeness (QED) is 0.557. The van der Waals surface area contributed by atoms with Gasteiger partial charge in [0.25, 0.3) is 0 Å². The average Bonchev–Trinajstić information content (AvgIpc) is 2.87. The molecule has 2 aliphatic rings. The van der Waals surface area contributed by atoms with E-state index in [4.69, 9.17) is 5.73 Å². The Balaban J connectivity index is 1.83. The number of nitrogens with zero attached hydrogens (tertiary/aromatic N) is 4. The average molecular weight is 307 g/mol. The number of anilines is 1. The summed E-state index contributed by atoms with van der Waals surface area (Å²) in [7, 11) is 0. The first-order valence-corrected chi connectivity index (χ1v) is 8.15. The monoisotopic (exact) mass is 307 g/mol. The number of hydrogen-bond donors (Lipinski definition) is 3. The largest absolute Gasteiger partial charge is 0.396 e. The summed E-state index contributed by atoms with van der Waals surface area (Å²) in [5.41, 5.74) is 7.06. The molecule has 4 atom stereocenters. The Morgan fingerprint density at radius 3 is 2.95 bits per heavy atom. The second-order valence-electron chi connectivity index (χ2n) is 6.01. The Kier molecular flexibility index (Phi) is 2.73. The number of nitrogen functional groups attached to an aromatic ring is 1. The zero-order valence-corrected chi connectivity index (χ0v) is 12.4. The lowest BCUT2D eigenvalue weighted by Gasteiger charge is -2.19. The highest BCUT2D eigenvalue weighted by Crippen LogP contribution is 2.67. The molecule has 21 heavy (non-hydrogen) atoms. The van der Waals surface area contributed by atoms with Crippen molar-refractivity contribution >= 4 is 28.7 Å². The van der Waals surface area contributed by atoms with Gasteiger partial charge in [-0.25, -0.2) is 15.0 Å². The molecule has 0 aliphatic heterocycles. The lowest BCUT2D eigenvalue weighted by atomic mass is 10.0. The lowest BCUT2D eigenvalue weighted by molar-refractivity contribution is 0.106. The van der Waals surface area contributed by atoms with Crippen LogP contribution in [0.5, 0.6) is 0 Å². The minimum Gasteiger partial charge on any atom is -0.396 e. The minimum absolute atomic E-state index is 0.0915. The molecule has 2 heterocycles. The molecule has 4 N–H and O–H groups in total. The maximum absolute atomic E-state index is 10.4. The van der Waals surface area contributed by atoms with E-state index >= 15 is 0 Å². The summed E-state index contributed by atoms with van der Waals surface area (Å²) in [6, 6.07) is -0.0915. The van der Waals surface area contributed by atoms with Crippen LogP contribution in [0.4, 0.5) is 5.82 Å². The van der Waals surface area contributed by atoms with E-state index in [1.807, 2.05) is 10.8 Å². The number of rotatable bonds is 3. The molecule has 8 heteroatoms. The molecule has 0 aromatic carbocycles. The van der Waals surface area contributed by atoms with Crippen LogP contribution in [0, 0.1) is 11.3 Å². The summed E-state index contributed by atoms with van der Waals surface area (Å²) < 4.78 is 1.91. The van der Waals surface area contributed by atoms with Gasteiger partial charge in [-0.05, 0) is 25.0 Å². The standard InChI is InChI=1S/C13H17N5O2S/c1-21-12-16-10(14)8-11(17-12)18(5-15-8)9-6-2-13(6,4-19)3-7(9)20/h5-7,9,19-20H,2-4H2,1H3,(H2,14,16,17)/t6-,7-,9-,13+/m1/s1. The van der Waals surface area contributed by atoms with Gasteiger partial charge in [0.15, 0.2) is 16.6 Å².